The van der Waals surface area contributed by atoms with Crippen molar-refractivity contribution in [3.63, 3.8) is 0 Å². The average molecular weight is 307 g/mol. The summed E-state index contributed by atoms with van der Waals surface area (Å²) < 4.78 is 0. The molecule has 2 rings (SSSR count). The first kappa shape index (κ1) is 16.9. The second-order valence-electron chi connectivity index (χ2n) is 6.11. The van der Waals surface area contributed by atoms with Crippen LogP contribution in [0.15, 0.2) is 18.2 Å². The van der Waals surface area contributed by atoms with E-state index in [9.17, 15) is 15.2 Å². The molecule has 1 aromatic carbocycles. The van der Waals surface area contributed by atoms with Crippen LogP contribution in [0.1, 0.15) is 24.0 Å². The highest BCUT2D eigenvalue weighted by atomic mass is 16.6. The van der Waals surface area contributed by atoms with E-state index in [1.54, 1.807) is 19.1 Å². The van der Waals surface area contributed by atoms with Crippen LogP contribution in [0.4, 0.5) is 5.69 Å². The zero-order chi connectivity index (χ0) is 16.1. The van der Waals surface area contributed by atoms with Gasteiger partial charge in [0.05, 0.1) is 11.5 Å². The standard InChI is InChI=1S/C16H25N3O3/c1-13-3-4-14(11-16(13)19(21)22)12-18(9-10-20)15-5-7-17(2)8-6-15/h3-4,11,15,20H,5-10,12H2,1-2H3. The van der Waals surface area contributed by atoms with Crippen LogP contribution in [0.2, 0.25) is 0 Å². The molecular weight excluding hydrogens is 282 g/mol. The summed E-state index contributed by atoms with van der Waals surface area (Å²) in [6.45, 7) is 5.23. The van der Waals surface area contributed by atoms with Gasteiger partial charge in [0.15, 0.2) is 0 Å². The van der Waals surface area contributed by atoms with E-state index >= 15 is 0 Å². The molecule has 1 aliphatic heterocycles. The molecule has 6 heteroatoms. The molecule has 0 atom stereocenters. The molecule has 1 aliphatic rings. The topological polar surface area (TPSA) is 69.8 Å². The number of piperidine rings is 1. The monoisotopic (exact) mass is 307 g/mol. The molecule has 1 aromatic rings. The van der Waals surface area contributed by atoms with Gasteiger partial charge in [0.1, 0.15) is 0 Å². The fourth-order valence-electron chi connectivity index (χ4n) is 3.06. The van der Waals surface area contributed by atoms with Gasteiger partial charge in [-0.15, -0.1) is 0 Å². The first-order chi connectivity index (χ1) is 10.5. The summed E-state index contributed by atoms with van der Waals surface area (Å²) in [4.78, 5) is 15.3. The van der Waals surface area contributed by atoms with Crippen molar-refractivity contribution < 1.29 is 10.0 Å². The average Bonchev–Trinajstić information content (AvgIpc) is 2.49. The third-order valence-electron chi connectivity index (χ3n) is 4.45. The van der Waals surface area contributed by atoms with Gasteiger partial charge in [-0.3, -0.25) is 15.0 Å². The molecule has 1 saturated heterocycles. The van der Waals surface area contributed by atoms with E-state index in [0.717, 1.165) is 31.5 Å². The zero-order valence-electron chi connectivity index (χ0n) is 13.4. The van der Waals surface area contributed by atoms with Gasteiger partial charge in [-0.2, -0.15) is 0 Å². The lowest BCUT2D eigenvalue weighted by Crippen LogP contribution is -2.44. The maximum atomic E-state index is 11.1. The van der Waals surface area contributed by atoms with E-state index in [4.69, 9.17) is 0 Å². The molecule has 22 heavy (non-hydrogen) atoms. The lowest BCUT2D eigenvalue weighted by atomic mass is 10.0. The predicted molar refractivity (Wildman–Crippen MR) is 85.8 cm³/mol. The van der Waals surface area contributed by atoms with Crippen LogP contribution in [0.25, 0.3) is 0 Å². The highest BCUT2D eigenvalue weighted by Gasteiger charge is 2.23. The quantitative estimate of drug-likeness (QED) is 0.641. The maximum Gasteiger partial charge on any atom is 0.272 e. The van der Waals surface area contributed by atoms with Gasteiger partial charge in [-0.05, 0) is 45.5 Å². The van der Waals surface area contributed by atoms with Crippen LogP contribution in [-0.2, 0) is 6.54 Å². The molecular formula is C16H25N3O3. The van der Waals surface area contributed by atoms with Crippen molar-refractivity contribution >= 4 is 5.69 Å². The number of nitrogens with zero attached hydrogens (tertiary/aromatic N) is 3. The summed E-state index contributed by atoms with van der Waals surface area (Å²) in [5.41, 5.74) is 1.79. The molecule has 0 unspecified atom stereocenters. The molecule has 6 nitrogen and oxygen atoms in total. The van der Waals surface area contributed by atoms with E-state index in [2.05, 4.69) is 16.8 Å². The van der Waals surface area contributed by atoms with Crippen LogP contribution in [0.5, 0.6) is 0 Å². The number of likely N-dealkylation sites (tertiary alicyclic amines) is 1. The number of aliphatic hydroxyl groups excluding tert-OH is 1. The number of rotatable bonds is 6. The molecule has 0 bridgehead atoms. The Morgan fingerprint density at radius 1 is 1.41 bits per heavy atom. The van der Waals surface area contributed by atoms with E-state index in [1.165, 1.54) is 0 Å². The van der Waals surface area contributed by atoms with Gasteiger partial charge >= 0.3 is 0 Å². The van der Waals surface area contributed by atoms with Gasteiger partial charge in [0, 0.05) is 30.8 Å². The minimum absolute atomic E-state index is 0.111. The Kier molecular flexibility index (Phi) is 5.88. The van der Waals surface area contributed by atoms with E-state index in [1.807, 2.05) is 6.07 Å². The van der Waals surface area contributed by atoms with Crippen molar-refractivity contribution in [1.82, 2.24) is 9.80 Å². The summed E-state index contributed by atoms with van der Waals surface area (Å²) >= 11 is 0. The molecule has 0 aromatic heterocycles. The van der Waals surface area contributed by atoms with Gasteiger partial charge in [-0.25, -0.2) is 0 Å². The molecule has 1 fully saturated rings. The number of hydrogen-bond acceptors (Lipinski definition) is 5. The Balaban J connectivity index is 2.10. The summed E-state index contributed by atoms with van der Waals surface area (Å²) in [6.07, 6.45) is 2.15. The Morgan fingerprint density at radius 3 is 2.68 bits per heavy atom. The maximum absolute atomic E-state index is 11.1. The predicted octanol–water partition coefficient (Wildman–Crippen LogP) is 1.79. The number of nitro benzene ring substituents is 1. The molecule has 0 aliphatic carbocycles. The SMILES string of the molecule is Cc1ccc(CN(CCO)C2CCN(C)CC2)cc1[N+](=O)[O-]. The molecule has 0 saturated carbocycles. The third kappa shape index (κ3) is 4.25. The highest BCUT2D eigenvalue weighted by molar-refractivity contribution is 5.42. The van der Waals surface area contributed by atoms with Crippen LogP contribution >= 0.6 is 0 Å². The van der Waals surface area contributed by atoms with E-state index in [-0.39, 0.29) is 17.2 Å². The summed E-state index contributed by atoms with van der Waals surface area (Å²) in [7, 11) is 2.12. The van der Waals surface area contributed by atoms with Crippen LogP contribution < -0.4 is 0 Å². The third-order valence-corrected chi connectivity index (χ3v) is 4.45. The molecule has 0 radical (unpaired) electrons. The number of hydrogen-bond donors (Lipinski definition) is 1. The lowest BCUT2D eigenvalue weighted by molar-refractivity contribution is -0.385. The minimum atomic E-state index is -0.329. The smallest absolute Gasteiger partial charge is 0.272 e. The summed E-state index contributed by atoms with van der Waals surface area (Å²) in [6, 6.07) is 5.85. The van der Waals surface area contributed by atoms with Crippen LogP contribution in [0.3, 0.4) is 0 Å². The molecule has 0 amide bonds. The Hall–Kier alpha value is -1.50. The number of benzene rings is 1. The Labute approximate surface area is 131 Å². The van der Waals surface area contributed by atoms with E-state index < -0.39 is 0 Å². The van der Waals surface area contributed by atoms with Gasteiger partial charge in [0.25, 0.3) is 5.69 Å². The second kappa shape index (κ2) is 7.67. The zero-order valence-corrected chi connectivity index (χ0v) is 13.4. The van der Waals surface area contributed by atoms with Crippen molar-refractivity contribution in [3.8, 4) is 0 Å². The second-order valence-corrected chi connectivity index (χ2v) is 6.11. The van der Waals surface area contributed by atoms with Crippen molar-refractivity contribution in [2.75, 3.05) is 33.3 Å². The number of nitro groups is 1. The summed E-state index contributed by atoms with van der Waals surface area (Å²) in [5, 5.41) is 20.4. The lowest BCUT2D eigenvalue weighted by Gasteiger charge is -2.37. The van der Waals surface area contributed by atoms with Gasteiger partial charge in [-0.1, -0.05) is 12.1 Å². The molecule has 1 heterocycles. The van der Waals surface area contributed by atoms with Crippen molar-refractivity contribution in [2.24, 2.45) is 0 Å². The number of aliphatic hydroxyl groups is 1. The fraction of sp³-hybridized carbons (Fsp3) is 0.625. The highest BCUT2D eigenvalue weighted by Crippen LogP contribution is 2.22. The number of aryl methyl sites for hydroxylation is 1. The van der Waals surface area contributed by atoms with Crippen molar-refractivity contribution in [3.05, 3.63) is 39.4 Å². The van der Waals surface area contributed by atoms with Crippen LogP contribution in [-0.4, -0.2) is 59.2 Å². The van der Waals surface area contributed by atoms with E-state index in [0.29, 0.717) is 24.7 Å². The minimum Gasteiger partial charge on any atom is -0.395 e. The van der Waals surface area contributed by atoms with Gasteiger partial charge < -0.3 is 10.0 Å². The Morgan fingerprint density at radius 2 is 2.09 bits per heavy atom. The molecule has 122 valence electrons. The largest absolute Gasteiger partial charge is 0.395 e. The first-order valence-electron chi connectivity index (χ1n) is 7.78. The fourth-order valence-corrected chi connectivity index (χ4v) is 3.06. The van der Waals surface area contributed by atoms with Crippen molar-refractivity contribution in [1.29, 1.82) is 0 Å². The Bertz CT molecular complexity index is 513. The van der Waals surface area contributed by atoms with Gasteiger partial charge in [0.2, 0.25) is 0 Å². The molecule has 0 spiro atoms. The first-order valence-corrected chi connectivity index (χ1v) is 7.78. The van der Waals surface area contributed by atoms with Crippen molar-refractivity contribution in [2.45, 2.75) is 32.4 Å². The normalized spacial score (nSPS) is 17.1. The van der Waals surface area contributed by atoms with Crippen LogP contribution in [0, 0.1) is 17.0 Å². The molecule has 1 N–H and O–H groups in total. The summed E-state index contributed by atoms with van der Waals surface area (Å²) in [5.74, 6) is 0.